The zero-order valence-corrected chi connectivity index (χ0v) is 13.5. The fraction of sp³-hybridized carbons (Fsp3) is 0.417. The number of nitrogens with one attached hydrogen (secondary N) is 1. The van der Waals surface area contributed by atoms with Crippen molar-refractivity contribution in [1.82, 2.24) is 5.32 Å². The van der Waals surface area contributed by atoms with E-state index < -0.39 is 4.92 Å². The normalized spacial score (nSPS) is 11.6. The smallest absolute Gasteiger partial charge is 0.269 e. The Morgan fingerprint density at radius 1 is 1.37 bits per heavy atom. The van der Waals surface area contributed by atoms with E-state index in [4.69, 9.17) is 5.73 Å². The number of nitro benzene ring substituents is 1. The number of aliphatic imine (C=N–C) groups is 1. The summed E-state index contributed by atoms with van der Waals surface area (Å²) in [6.45, 7) is 6.36. The fourth-order valence-corrected chi connectivity index (χ4v) is 1.32. The second kappa shape index (κ2) is 7.27. The van der Waals surface area contributed by atoms with E-state index in [0.29, 0.717) is 12.5 Å². The molecule has 19 heavy (non-hydrogen) atoms. The maximum Gasteiger partial charge on any atom is 0.269 e. The number of hydrogen-bond acceptors (Lipinski definition) is 3. The minimum absolute atomic E-state index is 0. The van der Waals surface area contributed by atoms with Crippen LogP contribution in [0, 0.1) is 10.1 Å². The second-order valence-electron chi connectivity index (χ2n) is 5.00. The number of non-ortho nitro benzene ring substituents is 1. The van der Waals surface area contributed by atoms with Crippen molar-refractivity contribution in [1.29, 1.82) is 0 Å². The lowest BCUT2D eigenvalue weighted by Crippen LogP contribution is -2.44. The Labute approximate surface area is 129 Å². The van der Waals surface area contributed by atoms with Crippen molar-refractivity contribution in [3.63, 3.8) is 0 Å². The Bertz CT molecular complexity index is 452. The molecule has 0 bridgehead atoms. The molecule has 0 saturated heterocycles. The molecule has 0 aliphatic rings. The SMILES string of the molecule is CC(C)(C)NC(N)=NCc1ccc([N+](=O)[O-])cc1.I. The summed E-state index contributed by atoms with van der Waals surface area (Å²) in [7, 11) is 0. The molecule has 7 heteroatoms. The Morgan fingerprint density at radius 3 is 2.32 bits per heavy atom. The van der Waals surface area contributed by atoms with E-state index in [0.717, 1.165) is 5.56 Å². The van der Waals surface area contributed by atoms with Crippen LogP contribution in [0.5, 0.6) is 0 Å². The zero-order valence-electron chi connectivity index (χ0n) is 11.2. The summed E-state index contributed by atoms with van der Waals surface area (Å²) in [6, 6.07) is 6.26. The summed E-state index contributed by atoms with van der Waals surface area (Å²) in [5.41, 5.74) is 6.53. The van der Waals surface area contributed by atoms with Crippen LogP contribution in [-0.2, 0) is 6.54 Å². The molecule has 0 aliphatic carbocycles. The van der Waals surface area contributed by atoms with E-state index in [2.05, 4.69) is 10.3 Å². The van der Waals surface area contributed by atoms with Gasteiger partial charge in [-0.05, 0) is 26.3 Å². The van der Waals surface area contributed by atoms with Gasteiger partial charge in [-0.1, -0.05) is 12.1 Å². The van der Waals surface area contributed by atoms with Gasteiger partial charge in [0, 0.05) is 17.7 Å². The number of halogens is 1. The van der Waals surface area contributed by atoms with Crippen molar-refractivity contribution in [2.75, 3.05) is 0 Å². The summed E-state index contributed by atoms with van der Waals surface area (Å²) in [5.74, 6) is 0.362. The van der Waals surface area contributed by atoms with Crippen LogP contribution >= 0.6 is 24.0 Å². The molecule has 0 saturated carbocycles. The van der Waals surface area contributed by atoms with Crippen LogP contribution in [0.15, 0.2) is 29.3 Å². The maximum absolute atomic E-state index is 10.5. The summed E-state index contributed by atoms with van der Waals surface area (Å²) in [4.78, 5) is 14.2. The lowest BCUT2D eigenvalue weighted by atomic mass is 10.1. The molecule has 0 unspecified atom stereocenters. The molecule has 6 nitrogen and oxygen atoms in total. The standard InChI is InChI=1S/C12H18N4O2.HI/c1-12(2,3)15-11(13)14-8-9-4-6-10(7-5-9)16(17)18;/h4-7H,8H2,1-3H3,(H3,13,14,15);1H. The lowest BCUT2D eigenvalue weighted by Gasteiger charge is -2.20. The van der Waals surface area contributed by atoms with Gasteiger partial charge in [-0.25, -0.2) is 4.99 Å². The van der Waals surface area contributed by atoms with Crippen molar-refractivity contribution in [3.05, 3.63) is 39.9 Å². The van der Waals surface area contributed by atoms with E-state index in [1.54, 1.807) is 12.1 Å². The average molecular weight is 378 g/mol. The van der Waals surface area contributed by atoms with Crippen LogP contribution in [-0.4, -0.2) is 16.4 Å². The Hall–Kier alpha value is -1.38. The van der Waals surface area contributed by atoms with Crippen LogP contribution in [0.2, 0.25) is 0 Å². The van der Waals surface area contributed by atoms with Crippen molar-refractivity contribution in [2.24, 2.45) is 10.7 Å². The molecule has 0 aromatic heterocycles. The van der Waals surface area contributed by atoms with Crippen LogP contribution in [0.1, 0.15) is 26.3 Å². The van der Waals surface area contributed by atoms with Gasteiger partial charge in [-0.15, -0.1) is 24.0 Å². The van der Waals surface area contributed by atoms with Crippen molar-refractivity contribution in [2.45, 2.75) is 32.9 Å². The molecule has 1 aromatic rings. The summed E-state index contributed by atoms with van der Waals surface area (Å²) in [5, 5.41) is 13.5. The Morgan fingerprint density at radius 2 is 1.89 bits per heavy atom. The lowest BCUT2D eigenvalue weighted by molar-refractivity contribution is -0.384. The van der Waals surface area contributed by atoms with E-state index in [1.807, 2.05) is 20.8 Å². The average Bonchev–Trinajstić information content (AvgIpc) is 2.24. The molecule has 0 atom stereocenters. The van der Waals surface area contributed by atoms with Gasteiger partial charge in [0.15, 0.2) is 5.96 Å². The Kier molecular flexibility index (Phi) is 6.74. The van der Waals surface area contributed by atoms with E-state index in [1.165, 1.54) is 12.1 Å². The minimum Gasteiger partial charge on any atom is -0.370 e. The fourth-order valence-electron chi connectivity index (χ4n) is 1.32. The van der Waals surface area contributed by atoms with Gasteiger partial charge in [-0.3, -0.25) is 10.1 Å². The number of benzene rings is 1. The van der Waals surface area contributed by atoms with Gasteiger partial charge in [0.1, 0.15) is 0 Å². The van der Waals surface area contributed by atoms with Gasteiger partial charge >= 0.3 is 0 Å². The highest BCUT2D eigenvalue weighted by Gasteiger charge is 2.09. The number of rotatable bonds is 3. The highest BCUT2D eigenvalue weighted by molar-refractivity contribution is 14.0. The molecule has 0 fully saturated rings. The first kappa shape index (κ1) is 17.6. The van der Waals surface area contributed by atoms with Crippen molar-refractivity contribution in [3.8, 4) is 0 Å². The molecular formula is C12H19IN4O2. The molecule has 0 aliphatic heterocycles. The van der Waals surface area contributed by atoms with Gasteiger partial charge in [0.05, 0.1) is 11.5 Å². The molecule has 1 aromatic carbocycles. The van der Waals surface area contributed by atoms with E-state index in [-0.39, 0.29) is 35.2 Å². The molecule has 106 valence electrons. The largest absolute Gasteiger partial charge is 0.370 e. The first-order valence-electron chi connectivity index (χ1n) is 5.59. The zero-order chi connectivity index (χ0) is 13.8. The quantitative estimate of drug-likeness (QED) is 0.278. The number of nitro groups is 1. The molecule has 0 spiro atoms. The predicted octanol–water partition coefficient (Wildman–Crippen LogP) is 2.42. The third-order valence-electron chi connectivity index (χ3n) is 2.08. The number of nitrogens with zero attached hydrogens (tertiary/aromatic N) is 2. The van der Waals surface area contributed by atoms with E-state index in [9.17, 15) is 10.1 Å². The number of nitrogens with two attached hydrogens (primary N) is 1. The maximum atomic E-state index is 10.5. The Balaban J connectivity index is 0.00000324. The van der Waals surface area contributed by atoms with Crippen molar-refractivity contribution >= 4 is 35.6 Å². The molecule has 0 heterocycles. The number of guanidine groups is 1. The molecule has 0 amide bonds. The van der Waals surface area contributed by atoms with E-state index >= 15 is 0 Å². The summed E-state index contributed by atoms with van der Waals surface area (Å²) >= 11 is 0. The topological polar surface area (TPSA) is 93.5 Å². The van der Waals surface area contributed by atoms with Crippen LogP contribution in [0.3, 0.4) is 0 Å². The first-order valence-corrected chi connectivity index (χ1v) is 5.59. The molecular weight excluding hydrogens is 359 g/mol. The highest BCUT2D eigenvalue weighted by Crippen LogP contribution is 2.12. The van der Waals surface area contributed by atoms with Gasteiger partial charge in [0.25, 0.3) is 5.69 Å². The van der Waals surface area contributed by atoms with Crippen LogP contribution in [0.25, 0.3) is 0 Å². The second-order valence-corrected chi connectivity index (χ2v) is 5.00. The van der Waals surface area contributed by atoms with Crippen LogP contribution in [0.4, 0.5) is 5.69 Å². The third-order valence-corrected chi connectivity index (χ3v) is 2.08. The monoisotopic (exact) mass is 378 g/mol. The predicted molar refractivity (Wildman–Crippen MR) is 86.7 cm³/mol. The minimum atomic E-state index is -0.428. The summed E-state index contributed by atoms with van der Waals surface area (Å²) < 4.78 is 0. The number of hydrogen-bond donors (Lipinski definition) is 2. The van der Waals surface area contributed by atoms with Gasteiger partial charge < -0.3 is 11.1 Å². The highest BCUT2D eigenvalue weighted by atomic mass is 127. The van der Waals surface area contributed by atoms with Gasteiger partial charge in [-0.2, -0.15) is 0 Å². The molecule has 0 radical (unpaired) electrons. The van der Waals surface area contributed by atoms with Crippen LogP contribution < -0.4 is 11.1 Å². The first-order chi connectivity index (χ1) is 8.28. The van der Waals surface area contributed by atoms with Gasteiger partial charge in [0.2, 0.25) is 0 Å². The summed E-state index contributed by atoms with van der Waals surface area (Å²) in [6.07, 6.45) is 0. The molecule has 3 N–H and O–H groups in total. The third kappa shape index (κ3) is 6.94. The molecule has 1 rings (SSSR count). The van der Waals surface area contributed by atoms with Crippen molar-refractivity contribution < 1.29 is 4.92 Å².